The molecule has 0 unspecified atom stereocenters. The molecule has 11 heavy (non-hydrogen) atoms. The number of aromatic amines is 1. The standard InChI is InChI=1S/C5H5N5.Cr/c6-4-3-5(9-1-7-3)10-2-8-4;/h1-2H,(H3,6,7,8,9,10);. The number of H-pyrrole nitrogens is 1. The minimum absolute atomic E-state index is 0. The van der Waals surface area contributed by atoms with Crippen LogP contribution >= 0.6 is 0 Å². The molecule has 0 atom stereocenters. The first-order valence-corrected chi connectivity index (χ1v) is 2.77. The second-order valence-corrected chi connectivity index (χ2v) is 1.86. The zero-order valence-electron chi connectivity index (χ0n) is 5.48. The number of fused-ring (bicyclic) bond motifs is 1. The smallest absolute Gasteiger partial charge is 0.182 e. The second-order valence-electron chi connectivity index (χ2n) is 1.86. The summed E-state index contributed by atoms with van der Waals surface area (Å²) in [6.45, 7) is 0. The van der Waals surface area contributed by atoms with Gasteiger partial charge in [0.15, 0.2) is 11.5 Å². The van der Waals surface area contributed by atoms with Gasteiger partial charge in [0, 0.05) is 17.4 Å². The van der Waals surface area contributed by atoms with Crippen molar-refractivity contribution in [2.24, 2.45) is 0 Å². The molecule has 0 spiro atoms. The first-order valence-electron chi connectivity index (χ1n) is 2.77. The number of nitrogens with one attached hydrogen (secondary N) is 1. The van der Waals surface area contributed by atoms with Crippen LogP contribution in [0.1, 0.15) is 0 Å². The summed E-state index contributed by atoms with van der Waals surface area (Å²) in [5.41, 5.74) is 6.78. The van der Waals surface area contributed by atoms with Crippen molar-refractivity contribution in [2.45, 2.75) is 0 Å². The molecule has 0 aliphatic heterocycles. The Morgan fingerprint density at radius 2 is 2.09 bits per heavy atom. The van der Waals surface area contributed by atoms with Crippen molar-refractivity contribution in [3.63, 3.8) is 0 Å². The average molecular weight is 187 g/mol. The van der Waals surface area contributed by atoms with Crippen molar-refractivity contribution in [1.82, 2.24) is 19.9 Å². The van der Waals surface area contributed by atoms with Crippen molar-refractivity contribution >= 4 is 17.0 Å². The molecule has 0 saturated heterocycles. The number of hydrogen-bond donors (Lipinski definition) is 2. The van der Waals surface area contributed by atoms with E-state index in [4.69, 9.17) is 5.73 Å². The fourth-order valence-electron chi connectivity index (χ4n) is 0.784. The van der Waals surface area contributed by atoms with Gasteiger partial charge in [-0.1, -0.05) is 0 Å². The van der Waals surface area contributed by atoms with E-state index in [1.54, 1.807) is 0 Å². The van der Waals surface area contributed by atoms with Crippen molar-refractivity contribution < 1.29 is 17.4 Å². The Balaban J connectivity index is 0.000000605. The molecule has 5 nitrogen and oxygen atoms in total. The van der Waals surface area contributed by atoms with Gasteiger partial charge in [0.05, 0.1) is 6.33 Å². The van der Waals surface area contributed by atoms with Gasteiger partial charge in [0.1, 0.15) is 11.8 Å². The number of nitrogen functional groups attached to an aromatic ring is 1. The Bertz CT molecular complexity index is 356. The van der Waals surface area contributed by atoms with Gasteiger partial charge in [-0.3, -0.25) is 0 Å². The topological polar surface area (TPSA) is 80.5 Å². The zero-order chi connectivity index (χ0) is 6.97. The number of nitrogens with two attached hydrogens (primary N) is 1. The molecule has 6 heteroatoms. The van der Waals surface area contributed by atoms with Crippen molar-refractivity contribution in [1.29, 1.82) is 0 Å². The van der Waals surface area contributed by atoms with Crippen molar-refractivity contribution in [2.75, 3.05) is 5.73 Å². The summed E-state index contributed by atoms with van der Waals surface area (Å²) in [6.07, 6.45) is 2.92. The molecule has 0 amide bonds. The van der Waals surface area contributed by atoms with Crippen LogP contribution in [0.4, 0.5) is 5.82 Å². The molecule has 3 N–H and O–H groups in total. The third-order valence-corrected chi connectivity index (χ3v) is 1.25. The first-order chi connectivity index (χ1) is 4.88. The summed E-state index contributed by atoms with van der Waals surface area (Å²) in [5, 5.41) is 0. The molecule has 2 rings (SSSR count). The molecule has 0 fully saturated rings. The predicted molar refractivity (Wildman–Crippen MR) is 36.1 cm³/mol. The molecule has 2 aromatic rings. The number of rotatable bonds is 0. The number of imidazole rings is 1. The van der Waals surface area contributed by atoms with E-state index in [-0.39, 0.29) is 17.4 Å². The van der Waals surface area contributed by atoms with Gasteiger partial charge in [0.2, 0.25) is 0 Å². The van der Waals surface area contributed by atoms with Gasteiger partial charge in [-0.15, -0.1) is 0 Å². The summed E-state index contributed by atoms with van der Waals surface area (Å²) in [7, 11) is 0. The van der Waals surface area contributed by atoms with Crippen LogP contribution in [0.15, 0.2) is 12.7 Å². The maximum Gasteiger partial charge on any atom is 0.182 e. The Morgan fingerprint density at radius 3 is 2.82 bits per heavy atom. The third-order valence-electron chi connectivity index (χ3n) is 1.25. The van der Waals surface area contributed by atoms with Gasteiger partial charge >= 0.3 is 0 Å². The summed E-state index contributed by atoms with van der Waals surface area (Å²) in [6, 6.07) is 0. The minimum Gasteiger partial charge on any atom is -0.382 e. The number of nitrogens with zero attached hydrogens (tertiary/aromatic N) is 3. The van der Waals surface area contributed by atoms with Crippen LogP contribution in [0.5, 0.6) is 0 Å². The SMILES string of the molecule is Nc1ncnc2nc[nH]c12.[Cr]. The van der Waals surface area contributed by atoms with Gasteiger partial charge in [-0.05, 0) is 0 Å². The summed E-state index contributed by atoms with van der Waals surface area (Å²) >= 11 is 0. The van der Waals surface area contributed by atoms with Crippen LogP contribution in [-0.2, 0) is 17.4 Å². The molecule has 0 aromatic carbocycles. The molecule has 0 aliphatic carbocycles. The van der Waals surface area contributed by atoms with E-state index < -0.39 is 0 Å². The van der Waals surface area contributed by atoms with E-state index in [2.05, 4.69) is 19.9 Å². The molecule has 0 saturated carbocycles. The van der Waals surface area contributed by atoms with Crippen LogP contribution in [-0.4, -0.2) is 19.9 Å². The number of aromatic nitrogens is 4. The third kappa shape index (κ3) is 1.18. The monoisotopic (exact) mass is 187 g/mol. The molecule has 0 radical (unpaired) electrons. The molecule has 2 heterocycles. The predicted octanol–water partition coefficient (Wildman–Crippen LogP) is -0.0674. The van der Waals surface area contributed by atoms with Gasteiger partial charge in [-0.25, -0.2) is 15.0 Å². The number of anilines is 1. The molecule has 0 aliphatic rings. The van der Waals surface area contributed by atoms with E-state index in [9.17, 15) is 0 Å². The molecular weight excluding hydrogens is 182 g/mol. The van der Waals surface area contributed by atoms with E-state index in [1.165, 1.54) is 12.7 Å². The van der Waals surface area contributed by atoms with E-state index in [0.29, 0.717) is 17.0 Å². The Kier molecular flexibility index (Phi) is 2.08. The molecule has 56 valence electrons. The van der Waals surface area contributed by atoms with Gasteiger partial charge in [-0.2, -0.15) is 0 Å². The van der Waals surface area contributed by atoms with Gasteiger partial charge in [0.25, 0.3) is 0 Å². The average Bonchev–Trinajstić information content (AvgIpc) is 2.36. The second kappa shape index (κ2) is 2.86. The zero-order valence-corrected chi connectivity index (χ0v) is 6.76. The maximum absolute atomic E-state index is 5.48. The first kappa shape index (κ1) is 7.98. The molecular formula is C5H5CrN5. The van der Waals surface area contributed by atoms with Crippen LogP contribution in [0.25, 0.3) is 11.2 Å². The van der Waals surface area contributed by atoms with Crippen LogP contribution in [0, 0.1) is 0 Å². The fourth-order valence-corrected chi connectivity index (χ4v) is 0.784. The van der Waals surface area contributed by atoms with Crippen LogP contribution in [0.2, 0.25) is 0 Å². The van der Waals surface area contributed by atoms with E-state index in [1.807, 2.05) is 0 Å². The largest absolute Gasteiger partial charge is 0.382 e. The normalized spacial score (nSPS) is 9.45. The van der Waals surface area contributed by atoms with Crippen LogP contribution < -0.4 is 5.73 Å². The van der Waals surface area contributed by atoms with E-state index >= 15 is 0 Å². The van der Waals surface area contributed by atoms with Gasteiger partial charge < -0.3 is 10.7 Å². The molecule has 2 aromatic heterocycles. The Morgan fingerprint density at radius 1 is 1.27 bits per heavy atom. The summed E-state index contributed by atoms with van der Waals surface area (Å²) < 4.78 is 0. The van der Waals surface area contributed by atoms with Crippen LogP contribution in [0.3, 0.4) is 0 Å². The molecule has 0 bridgehead atoms. The Labute approximate surface area is 73.2 Å². The maximum atomic E-state index is 5.48. The fraction of sp³-hybridized carbons (Fsp3) is 0. The minimum atomic E-state index is 0. The summed E-state index contributed by atoms with van der Waals surface area (Å²) in [4.78, 5) is 14.4. The van der Waals surface area contributed by atoms with Crippen molar-refractivity contribution in [3.8, 4) is 0 Å². The number of hydrogen-bond acceptors (Lipinski definition) is 4. The quantitative estimate of drug-likeness (QED) is 0.605. The summed E-state index contributed by atoms with van der Waals surface area (Å²) in [5.74, 6) is 0.433. The Hall–Kier alpha value is -1.12. The van der Waals surface area contributed by atoms with E-state index in [0.717, 1.165) is 0 Å². The van der Waals surface area contributed by atoms with Crippen molar-refractivity contribution in [3.05, 3.63) is 12.7 Å².